The summed E-state index contributed by atoms with van der Waals surface area (Å²) in [5.41, 5.74) is 2.55. The van der Waals surface area contributed by atoms with Gasteiger partial charge in [0.25, 0.3) is 0 Å². The molecular weight excluding hydrogens is 342 g/mol. The van der Waals surface area contributed by atoms with E-state index in [1.165, 1.54) is 0 Å². The molecule has 0 amide bonds. The van der Waals surface area contributed by atoms with Gasteiger partial charge in [0.05, 0.1) is 23.8 Å². The summed E-state index contributed by atoms with van der Waals surface area (Å²) in [6.07, 6.45) is 1.62. The van der Waals surface area contributed by atoms with Gasteiger partial charge in [-0.15, -0.1) is 0 Å². The van der Waals surface area contributed by atoms with Gasteiger partial charge in [-0.1, -0.05) is 6.07 Å². The van der Waals surface area contributed by atoms with E-state index in [2.05, 4.69) is 26.7 Å². The number of aromatic nitrogens is 2. The van der Waals surface area contributed by atoms with E-state index in [1.54, 1.807) is 61.7 Å². The standard InChI is InChI=1S/C20H17N5O2/c1-2-27-19(26)15-6-8-16(9-7-15)24-20-22-11-10-18(25-20)23-17-5-3-4-14(12-17)13-21/h3-12H,2H2,1H3,(H2,22,23,24,25). The number of nitrogens with one attached hydrogen (secondary N) is 2. The Morgan fingerprint density at radius 3 is 2.67 bits per heavy atom. The van der Waals surface area contributed by atoms with E-state index in [0.29, 0.717) is 29.5 Å². The summed E-state index contributed by atoms with van der Waals surface area (Å²) in [7, 11) is 0. The van der Waals surface area contributed by atoms with E-state index in [4.69, 9.17) is 10.00 Å². The molecule has 27 heavy (non-hydrogen) atoms. The molecule has 7 nitrogen and oxygen atoms in total. The maximum atomic E-state index is 11.7. The minimum absolute atomic E-state index is 0.337. The summed E-state index contributed by atoms with van der Waals surface area (Å²) in [5, 5.41) is 15.2. The van der Waals surface area contributed by atoms with Crippen LogP contribution in [0, 0.1) is 11.3 Å². The maximum absolute atomic E-state index is 11.7. The lowest BCUT2D eigenvalue weighted by atomic mass is 10.2. The van der Waals surface area contributed by atoms with Crippen molar-refractivity contribution in [3.05, 3.63) is 71.9 Å². The number of ether oxygens (including phenoxy) is 1. The molecule has 134 valence electrons. The number of anilines is 4. The number of hydrogen-bond donors (Lipinski definition) is 2. The van der Waals surface area contributed by atoms with Crippen LogP contribution in [0.25, 0.3) is 0 Å². The summed E-state index contributed by atoms with van der Waals surface area (Å²) < 4.78 is 4.96. The van der Waals surface area contributed by atoms with Crippen LogP contribution >= 0.6 is 0 Å². The van der Waals surface area contributed by atoms with Crippen LogP contribution < -0.4 is 10.6 Å². The molecule has 3 rings (SSSR count). The van der Waals surface area contributed by atoms with Crippen molar-refractivity contribution >= 4 is 29.1 Å². The molecule has 7 heteroatoms. The zero-order valence-electron chi connectivity index (χ0n) is 14.6. The third-order valence-corrected chi connectivity index (χ3v) is 3.57. The second-order valence-electron chi connectivity index (χ2n) is 5.51. The molecule has 0 aliphatic rings. The van der Waals surface area contributed by atoms with Gasteiger partial charge in [0.1, 0.15) is 5.82 Å². The first kappa shape index (κ1) is 17.9. The van der Waals surface area contributed by atoms with E-state index in [-0.39, 0.29) is 5.97 Å². The number of nitrogens with zero attached hydrogens (tertiary/aromatic N) is 3. The van der Waals surface area contributed by atoms with Gasteiger partial charge in [0, 0.05) is 17.6 Å². The Morgan fingerprint density at radius 1 is 1.11 bits per heavy atom. The van der Waals surface area contributed by atoms with Crippen molar-refractivity contribution in [2.24, 2.45) is 0 Å². The van der Waals surface area contributed by atoms with E-state index < -0.39 is 0 Å². The average Bonchev–Trinajstić information content (AvgIpc) is 2.69. The Kier molecular flexibility index (Phi) is 5.60. The molecule has 0 unspecified atom stereocenters. The normalized spacial score (nSPS) is 9.93. The number of nitriles is 1. The van der Waals surface area contributed by atoms with Crippen LogP contribution in [0.5, 0.6) is 0 Å². The third kappa shape index (κ3) is 4.80. The average molecular weight is 359 g/mol. The Balaban J connectivity index is 1.70. The molecule has 1 heterocycles. The Labute approximate surface area is 156 Å². The highest BCUT2D eigenvalue weighted by atomic mass is 16.5. The molecule has 3 aromatic rings. The lowest BCUT2D eigenvalue weighted by Gasteiger charge is -2.09. The van der Waals surface area contributed by atoms with Gasteiger partial charge >= 0.3 is 5.97 Å². The lowest BCUT2D eigenvalue weighted by Crippen LogP contribution is -2.05. The number of rotatable bonds is 6. The molecule has 0 aliphatic carbocycles. The fourth-order valence-corrected chi connectivity index (χ4v) is 2.34. The van der Waals surface area contributed by atoms with Crippen LogP contribution in [-0.4, -0.2) is 22.5 Å². The first-order chi connectivity index (χ1) is 13.2. The van der Waals surface area contributed by atoms with Gasteiger partial charge < -0.3 is 15.4 Å². The predicted molar refractivity (Wildman–Crippen MR) is 102 cm³/mol. The number of benzene rings is 2. The van der Waals surface area contributed by atoms with Crippen molar-refractivity contribution in [3.8, 4) is 6.07 Å². The summed E-state index contributed by atoms with van der Waals surface area (Å²) >= 11 is 0. The van der Waals surface area contributed by atoms with E-state index in [0.717, 1.165) is 11.4 Å². The Bertz CT molecular complexity index is 980. The molecule has 0 saturated heterocycles. The summed E-state index contributed by atoms with van der Waals surface area (Å²) in [6.45, 7) is 2.10. The summed E-state index contributed by atoms with van der Waals surface area (Å²) in [5.74, 6) is 0.636. The molecule has 1 aromatic heterocycles. The summed E-state index contributed by atoms with van der Waals surface area (Å²) in [6, 6.07) is 17.8. The highest BCUT2D eigenvalue weighted by Crippen LogP contribution is 2.19. The fourth-order valence-electron chi connectivity index (χ4n) is 2.34. The number of hydrogen-bond acceptors (Lipinski definition) is 7. The second-order valence-corrected chi connectivity index (χ2v) is 5.51. The molecule has 0 radical (unpaired) electrons. The maximum Gasteiger partial charge on any atom is 0.338 e. The van der Waals surface area contributed by atoms with Crippen molar-refractivity contribution in [1.82, 2.24) is 9.97 Å². The molecule has 0 spiro atoms. The van der Waals surface area contributed by atoms with Crippen LogP contribution in [0.3, 0.4) is 0 Å². The van der Waals surface area contributed by atoms with Crippen molar-refractivity contribution in [3.63, 3.8) is 0 Å². The molecular formula is C20H17N5O2. The zero-order chi connectivity index (χ0) is 19.1. The van der Waals surface area contributed by atoms with Crippen LogP contribution in [0.4, 0.5) is 23.1 Å². The van der Waals surface area contributed by atoms with Gasteiger partial charge in [0.2, 0.25) is 5.95 Å². The van der Waals surface area contributed by atoms with E-state index in [1.807, 2.05) is 6.07 Å². The zero-order valence-corrected chi connectivity index (χ0v) is 14.6. The van der Waals surface area contributed by atoms with Crippen molar-refractivity contribution in [1.29, 1.82) is 5.26 Å². The first-order valence-corrected chi connectivity index (χ1v) is 8.32. The van der Waals surface area contributed by atoms with E-state index >= 15 is 0 Å². The topological polar surface area (TPSA) is 99.9 Å². The van der Waals surface area contributed by atoms with Crippen molar-refractivity contribution in [2.45, 2.75) is 6.92 Å². The minimum atomic E-state index is -0.355. The van der Waals surface area contributed by atoms with Crippen molar-refractivity contribution in [2.75, 3.05) is 17.2 Å². The van der Waals surface area contributed by atoms with Crippen LogP contribution in [0.15, 0.2) is 60.8 Å². The number of carbonyl (C=O) groups excluding carboxylic acids is 1. The molecule has 0 saturated carbocycles. The molecule has 0 atom stereocenters. The smallest absolute Gasteiger partial charge is 0.338 e. The van der Waals surface area contributed by atoms with Crippen molar-refractivity contribution < 1.29 is 9.53 Å². The minimum Gasteiger partial charge on any atom is -0.462 e. The van der Waals surface area contributed by atoms with Gasteiger partial charge in [-0.05, 0) is 55.5 Å². The quantitative estimate of drug-likeness (QED) is 0.641. The lowest BCUT2D eigenvalue weighted by molar-refractivity contribution is 0.0526. The number of esters is 1. The Hall–Kier alpha value is -3.92. The highest BCUT2D eigenvalue weighted by molar-refractivity contribution is 5.89. The van der Waals surface area contributed by atoms with Gasteiger partial charge in [-0.2, -0.15) is 10.2 Å². The second kappa shape index (κ2) is 8.45. The molecule has 2 N–H and O–H groups in total. The number of carbonyl (C=O) groups is 1. The van der Waals surface area contributed by atoms with Gasteiger partial charge in [-0.3, -0.25) is 0 Å². The molecule has 0 bridgehead atoms. The highest BCUT2D eigenvalue weighted by Gasteiger charge is 2.06. The van der Waals surface area contributed by atoms with Gasteiger partial charge in [-0.25, -0.2) is 9.78 Å². The predicted octanol–water partition coefficient (Wildman–Crippen LogP) is 4.01. The SMILES string of the molecule is CCOC(=O)c1ccc(Nc2nccc(Nc3cccc(C#N)c3)n2)cc1. The van der Waals surface area contributed by atoms with Crippen LogP contribution in [0.2, 0.25) is 0 Å². The fraction of sp³-hybridized carbons (Fsp3) is 0.100. The van der Waals surface area contributed by atoms with Crippen LogP contribution in [-0.2, 0) is 4.74 Å². The van der Waals surface area contributed by atoms with Crippen LogP contribution in [0.1, 0.15) is 22.8 Å². The molecule has 2 aromatic carbocycles. The van der Waals surface area contributed by atoms with E-state index in [9.17, 15) is 4.79 Å². The molecule has 0 fully saturated rings. The summed E-state index contributed by atoms with van der Waals surface area (Å²) in [4.78, 5) is 20.3. The largest absolute Gasteiger partial charge is 0.462 e. The molecule has 0 aliphatic heterocycles. The van der Waals surface area contributed by atoms with Gasteiger partial charge in [0.15, 0.2) is 0 Å². The Morgan fingerprint density at radius 2 is 1.93 bits per heavy atom. The monoisotopic (exact) mass is 359 g/mol. The first-order valence-electron chi connectivity index (χ1n) is 8.32. The third-order valence-electron chi connectivity index (χ3n) is 3.57.